The van der Waals surface area contributed by atoms with Gasteiger partial charge in [0.25, 0.3) is 11.8 Å². The number of carbonyl (C=O) groups is 2. The summed E-state index contributed by atoms with van der Waals surface area (Å²) >= 11 is 2.86. The number of amides is 2. The molecule has 2 aromatic heterocycles. The zero-order valence-corrected chi connectivity index (χ0v) is 37.6. The van der Waals surface area contributed by atoms with Crippen molar-refractivity contribution in [2.24, 2.45) is 0 Å². The van der Waals surface area contributed by atoms with Crippen LogP contribution < -0.4 is 9.80 Å². The van der Waals surface area contributed by atoms with E-state index in [-0.39, 0.29) is 74.0 Å². The van der Waals surface area contributed by atoms with Crippen LogP contribution >= 0.6 is 22.7 Å². The Kier molecular flexibility index (Phi) is 12.8. The minimum atomic E-state index is -3.52. The van der Waals surface area contributed by atoms with E-state index in [9.17, 15) is 35.2 Å². The van der Waals surface area contributed by atoms with E-state index in [1.165, 1.54) is 59.1 Å². The molecule has 322 valence electrons. The van der Waals surface area contributed by atoms with E-state index in [1.807, 2.05) is 20.8 Å². The molecule has 0 spiro atoms. The Bertz CT molecular complexity index is 2820. The molecule has 0 N–H and O–H groups in total. The number of piperazine rings is 2. The molecule has 2 saturated heterocycles. The maximum atomic E-state index is 13.5. The summed E-state index contributed by atoms with van der Waals surface area (Å²) in [7, 11) is -7.01. The van der Waals surface area contributed by atoms with E-state index in [1.54, 1.807) is 72.2 Å². The molecule has 8 rings (SSSR count). The highest BCUT2D eigenvalue weighted by atomic mass is 32.2. The summed E-state index contributed by atoms with van der Waals surface area (Å²) in [5.41, 5.74) is 1.93. The molecule has 0 bridgehead atoms. The summed E-state index contributed by atoms with van der Waals surface area (Å²) < 4.78 is 78.4. The van der Waals surface area contributed by atoms with Crippen LogP contribution in [0.2, 0.25) is 0 Å². The number of thiazole rings is 2. The van der Waals surface area contributed by atoms with Crippen molar-refractivity contribution in [3.8, 4) is 0 Å². The second-order valence-corrected chi connectivity index (χ2v) is 21.6. The molecule has 2 amide bonds. The van der Waals surface area contributed by atoms with Gasteiger partial charge in [-0.1, -0.05) is 60.8 Å². The summed E-state index contributed by atoms with van der Waals surface area (Å²) in [6.45, 7) is 11.6. The SMILES string of the molecule is CCS(=O)(=O)c1ccccc1C(=O)N1C(C)CN(c2nc3ccc(F)cc3s2)CC1C.CCS(=O)(=O)c1ccccc1C(=O)N1CCN(c2nc3ccc(F)cc3s2)C(C)C1. The Labute approximate surface area is 362 Å². The van der Waals surface area contributed by atoms with Crippen molar-refractivity contribution in [3.05, 3.63) is 108 Å². The fourth-order valence-corrected chi connectivity index (χ4v) is 12.1. The Balaban J connectivity index is 0.000000184. The first-order chi connectivity index (χ1) is 29.0. The van der Waals surface area contributed by atoms with Gasteiger partial charge in [0, 0.05) is 50.8 Å². The third-order valence-corrected chi connectivity index (χ3v) is 16.6. The molecule has 6 aromatic rings. The van der Waals surface area contributed by atoms with E-state index in [2.05, 4.69) is 19.8 Å². The van der Waals surface area contributed by atoms with Crippen molar-refractivity contribution in [2.75, 3.05) is 54.0 Å². The first-order valence-electron chi connectivity index (χ1n) is 19.9. The number of anilines is 2. The van der Waals surface area contributed by atoms with Crippen LogP contribution in [0.3, 0.4) is 0 Å². The normalized spacial score (nSPS) is 18.6. The van der Waals surface area contributed by atoms with Crippen molar-refractivity contribution >= 4 is 84.9 Å². The first kappa shape index (κ1) is 44.0. The number of carbonyl (C=O) groups excluding carboxylic acids is 2. The lowest BCUT2D eigenvalue weighted by Gasteiger charge is -2.44. The fourth-order valence-electron chi connectivity index (χ4n) is 7.79. The van der Waals surface area contributed by atoms with Gasteiger partial charge in [-0.3, -0.25) is 9.59 Å². The predicted octanol–water partition coefficient (Wildman–Crippen LogP) is 7.55. The number of fused-ring (bicyclic) bond motifs is 2. The molecule has 3 unspecified atom stereocenters. The largest absolute Gasteiger partial charge is 0.344 e. The summed E-state index contributed by atoms with van der Waals surface area (Å²) in [6.07, 6.45) is 0. The van der Waals surface area contributed by atoms with E-state index in [4.69, 9.17) is 0 Å². The Hall–Kier alpha value is -5.04. The van der Waals surface area contributed by atoms with Crippen molar-refractivity contribution in [3.63, 3.8) is 0 Å². The number of halogens is 2. The minimum Gasteiger partial charge on any atom is -0.344 e. The molecule has 61 heavy (non-hydrogen) atoms. The van der Waals surface area contributed by atoms with Gasteiger partial charge in [-0.15, -0.1) is 0 Å². The van der Waals surface area contributed by atoms with Gasteiger partial charge in [-0.25, -0.2) is 35.6 Å². The van der Waals surface area contributed by atoms with Gasteiger partial charge in [-0.2, -0.15) is 0 Å². The number of benzene rings is 4. The summed E-state index contributed by atoms with van der Waals surface area (Å²) in [4.78, 5) is 43.6. The van der Waals surface area contributed by atoms with Gasteiger partial charge in [0.2, 0.25) is 0 Å². The lowest BCUT2D eigenvalue weighted by atomic mass is 10.1. The summed E-state index contributed by atoms with van der Waals surface area (Å²) in [5.74, 6) is -1.25. The van der Waals surface area contributed by atoms with Crippen LogP contribution in [-0.4, -0.2) is 111 Å². The third-order valence-electron chi connectivity index (χ3n) is 10.9. The van der Waals surface area contributed by atoms with E-state index >= 15 is 0 Å². The van der Waals surface area contributed by atoms with Gasteiger partial charge in [0.1, 0.15) is 11.6 Å². The highest BCUT2D eigenvalue weighted by Gasteiger charge is 2.36. The molecule has 2 fully saturated rings. The van der Waals surface area contributed by atoms with Crippen LogP contribution in [0.1, 0.15) is 55.3 Å². The van der Waals surface area contributed by atoms with Crippen LogP contribution in [-0.2, 0) is 19.7 Å². The molecule has 4 aromatic carbocycles. The van der Waals surface area contributed by atoms with E-state index in [0.29, 0.717) is 32.7 Å². The number of nitrogens with zero attached hydrogens (tertiary/aromatic N) is 6. The monoisotopic (exact) mass is 908 g/mol. The van der Waals surface area contributed by atoms with Crippen molar-refractivity contribution in [1.82, 2.24) is 19.8 Å². The van der Waals surface area contributed by atoms with E-state index < -0.39 is 19.7 Å². The van der Waals surface area contributed by atoms with Crippen LogP contribution in [0.4, 0.5) is 19.0 Å². The number of rotatable bonds is 8. The average molecular weight is 909 g/mol. The van der Waals surface area contributed by atoms with E-state index in [0.717, 1.165) is 30.7 Å². The van der Waals surface area contributed by atoms with Gasteiger partial charge >= 0.3 is 0 Å². The maximum absolute atomic E-state index is 13.5. The standard InChI is InChI=1S/C22H24FN3O3S2.C21H22FN3O3S2/c1-4-31(28,29)20-8-6-5-7-17(20)21(27)26-14(2)12-25(13-15(26)3)22-24-18-10-9-16(23)11-19(18)30-22;1-3-30(27,28)19-7-5-4-6-16(19)20(26)24-10-11-25(14(2)13-24)21-23-17-9-8-15(22)12-18(17)29-21/h5-11,14-15H,4,12-13H2,1-3H3;4-9,12,14H,3,10-11,13H2,1-2H3. The van der Waals surface area contributed by atoms with Crippen LogP contribution in [0, 0.1) is 11.6 Å². The second kappa shape index (κ2) is 17.7. The second-order valence-electron chi connectivity index (χ2n) is 15.1. The fraction of sp³-hybridized carbons (Fsp3) is 0.349. The molecule has 4 heterocycles. The Morgan fingerprint density at radius 3 is 1.62 bits per heavy atom. The van der Waals surface area contributed by atoms with Gasteiger partial charge < -0.3 is 19.6 Å². The molecule has 0 saturated carbocycles. The smallest absolute Gasteiger partial charge is 0.255 e. The maximum Gasteiger partial charge on any atom is 0.255 e. The summed E-state index contributed by atoms with van der Waals surface area (Å²) in [6, 6.07) is 21.6. The zero-order chi connectivity index (χ0) is 43.8. The molecule has 2 aliphatic rings. The zero-order valence-electron chi connectivity index (χ0n) is 34.3. The quantitative estimate of drug-likeness (QED) is 0.150. The number of hydrogen-bond donors (Lipinski definition) is 0. The van der Waals surface area contributed by atoms with Crippen LogP contribution in [0.5, 0.6) is 0 Å². The molecule has 3 atom stereocenters. The molecule has 2 aliphatic heterocycles. The molecule has 0 aliphatic carbocycles. The Morgan fingerprint density at radius 1 is 0.639 bits per heavy atom. The molecular weight excluding hydrogens is 863 g/mol. The summed E-state index contributed by atoms with van der Waals surface area (Å²) in [5, 5.41) is 1.59. The van der Waals surface area contributed by atoms with Crippen molar-refractivity contribution in [1.29, 1.82) is 0 Å². The number of aromatic nitrogens is 2. The minimum absolute atomic E-state index is 0.0111. The lowest BCUT2D eigenvalue weighted by molar-refractivity contribution is 0.0570. The van der Waals surface area contributed by atoms with Gasteiger partial charge in [0.15, 0.2) is 29.9 Å². The third kappa shape index (κ3) is 9.13. The predicted molar refractivity (Wildman–Crippen MR) is 238 cm³/mol. The average Bonchev–Trinajstić information content (AvgIpc) is 3.87. The molecule has 12 nitrogen and oxygen atoms in total. The number of hydrogen-bond acceptors (Lipinski definition) is 12. The molecule has 0 radical (unpaired) electrons. The van der Waals surface area contributed by atoms with Crippen molar-refractivity contribution < 1.29 is 35.2 Å². The highest BCUT2D eigenvalue weighted by Crippen LogP contribution is 2.34. The molecular formula is C43H46F2N6O6S4. The van der Waals surface area contributed by atoms with Gasteiger partial charge in [-0.05, 0) is 81.4 Å². The number of sulfone groups is 2. The Morgan fingerprint density at radius 2 is 1.11 bits per heavy atom. The topological polar surface area (TPSA) is 141 Å². The van der Waals surface area contributed by atoms with Crippen molar-refractivity contribution in [2.45, 2.75) is 62.5 Å². The highest BCUT2D eigenvalue weighted by molar-refractivity contribution is 7.91. The van der Waals surface area contributed by atoms with Crippen LogP contribution in [0.15, 0.2) is 94.7 Å². The van der Waals surface area contributed by atoms with Crippen LogP contribution in [0.25, 0.3) is 20.4 Å². The first-order valence-corrected chi connectivity index (χ1v) is 24.8. The van der Waals surface area contributed by atoms with Gasteiger partial charge in [0.05, 0.1) is 52.9 Å². The molecule has 18 heteroatoms. The lowest BCUT2D eigenvalue weighted by Crippen LogP contribution is -2.58.